The van der Waals surface area contributed by atoms with E-state index in [1.165, 1.54) is 12.1 Å². The Balaban J connectivity index is 2.10. The average molecular weight is 340 g/mol. The summed E-state index contributed by atoms with van der Waals surface area (Å²) in [6.07, 6.45) is 0.365. The Labute approximate surface area is 130 Å². The van der Waals surface area contributed by atoms with Gasteiger partial charge in [0.1, 0.15) is 11.6 Å². The molecule has 120 valence electrons. The standard InChI is InChI=1S/C14H10F2N2O4S/c15-10-5-11(16)7-13(6-10)23(21,22)17-4-3-9-1-2-12(18(19)20)8-14(9)17/h1-2,5-8H,3-4H2. The third-order valence-corrected chi connectivity index (χ3v) is 5.35. The Kier molecular flexibility index (Phi) is 3.52. The molecule has 2 aromatic carbocycles. The smallest absolute Gasteiger partial charge is 0.265 e. The first kappa shape index (κ1) is 15.3. The first-order valence-electron chi connectivity index (χ1n) is 6.55. The Morgan fingerprint density at radius 2 is 1.74 bits per heavy atom. The van der Waals surface area contributed by atoms with E-state index in [0.29, 0.717) is 30.2 Å². The highest BCUT2D eigenvalue weighted by molar-refractivity contribution is 7.92. The summed E-state index contributed by atoms with van der Waals surface area (Å²) in [6, 6.07) is 5.92. The second-order valence-electron chi connectivity index (χ2n) is 5.00. The van der Waals surface area contributed by atoms with Gasteiger partial charge in [-0.05, 0) is 24.1 Å². The third kappa shape index (κ3) is 2.63. The van der Waals surface area contributed by atoms with E-state index >= 15 is 0 Å². The Morgan fingerprint density at radius 1 is 1.09 bits per heavy atom. The lowest BCUT2D eigenvalue weighted by Crippen LogP contribution is -2.29. The van der Waals surface area contributed by atoms with Gasteiger partial charge in [0.25, 0.3) is 15.7 Å². The second-order valence-corrected chi connectivity index (χ2v) is 6.86. The molecule has 0 unspecified atom stereocenters. The normalized spacial score (nSPS) is 13.9. The first-order valence-corrected chi connectivity index (χ1v) is 7.99. The number of sulfonamides is 1. The minimum Gasteiger partial charge on any atom is -0.265 e. The van der Waals surface area contributed by atoms with Gasteiger partial charge in [0.2, 0.25) is 0 Å². The lowest BCUT2D eigenvalue weighted by Gasteiger charge is -2.19. The summed E-state index contributed by atoms with van der Waals surface area (Å²) in [5.74, 6) is -2.02. The molecule has 0 N–H and O–H groups in total. The molecule has 1 aliphatic rings. The maximum absolute atomic E-state index is 13.3. The maximum atomic E-state index is 13.3. The van der Waals surface area contributed by atoms with Gasteiger partial charge in [-0.1, -0.05) is 6.07 Å². The van der Waals surface area contributed by atoms with Crippen molar-refractivity contribution in [2.24, 2.45) is 0 Å². The number of benzene rings is 2. The summed E-state index contributed by atoms with van der Waals surface area (Å²) in [6.45, 7) is 0.0525. The number of hydrogen-bond donors (Lipinski definition) is 0. The molecule has 23 heavy (non-hydrogen) atoms. The van der Waals surface area contributed by atoms with E-state index in [-0.39, 0.29) is 17.9 Å². The van der Waals surface area contributed by atoms with Crippen LogP contribution in [0.25, 0.3) is 0 Å². The van der Waals surface area contributed by atoms with Crippen LogP contribution in [0.15, 0.2) is 41.3 Å². The third-order valence-electron chi connectivity index (χ3n) is 3.56. The van der Waals surface area contributed by atoms with E-state index in [4.69, 9.17) is 0 Å². The Hall–Kier alpha value is -2.55. The van der Waals surface area contributed by atoms with Gasteiger partial charge in [-0.3, -0.25) is 14.4 Å². The molecule has 0 saturated carbocycles. The molecule has 0 radical (unpaired) electrons. The van der Waals surface area contributed by atoms with Gasteiger partial charge in [0.05, 0.1) is 15.5 Å². The van der Waals surface area contributed by atoms with Crippen LogP contribution in [0.4, 0.5) is 20.2 Å². The van der Waals surface area contributed by atoms with Gasteiger partial charge in [-0.25, -0.2) is 17.2 Å². The van der Waals surface area contributed by atoms with E-state index in [0.717, 1.165) is 10.4 Å². The van der Waals surface area contributed by atoms with Gasteiger partial charge in [0.15, 0.2) is 0 Å². The zero-order chi connectivity index (χ0) is 16.8. The van der Waals surface area contributed by atoms with Crippen LogP contribution < -0.4 is 4.31 Å². The molecule has 1 heterocycles. The Bertz CT molecular complexity index is 895. The maximum Gasteiger partial charge on any atom is 0.271 e. The van der Waals surface area contributed by atoms with Crippen LogP contribution in [0.1, 0.15) is 5.56 Å². The number of anilines is 1. The van der Waals surface area contributed by atoms with Gasteiger partial charge in [0, 0.05) is 24.7 Å². The minimum atomic E-state index is -4.21. The van der Waals surface area contributed by atoms with Crippen LogP contribution in [-0.4, -0.2) is 19.9 Å². The Morgan fingerprint density at radius 3 is 2.35 bits per heavy atom. The fraction of sp³-hybridized carbons (Fsp3) is 0.143. The van der Waals surface area contributed by atoms with Crippen LogP contribution >= 0.6 is 0 Å². The van der Waals surface area contributed by atoms with Crippen LogP contribution in [0.2, 0.25) is 0 Å². The SMILES string of the molecule is O=[N+]([O-])c1ccc2c(c1)N(S(=O)(=O)c1cc(F)cc(F)c1)CC2. The first-order chi connectivity index (χ1) is 10.8. The molecule has 0 atom stereocenters. The summed E-state index contributed by atoms with van der Waals surface area (Å²) in [5.41, 5.74) is 0.524. The molecule has 6 nitrogen and oxygen atoms in total. The van der Waals surface area contributed by atoms with E-state index in [9.17, 15) is 27.3 Å². The number of non-ortho nitro benzene ring substituents is 1. The number of nitro groups is 1. The molecule has 1 aliphatic heterocycles. The molecule has 0 amide bonds. The van der Waals surface area contributed by atoms with Crippen molar-refractivity contribution in [1.29, 1.82) is 0 Å². The highest BCUT2D eigenvalue weighted by Crippen LogP contribution is 2.35. The lowest BCUT2D eigenvalue weighted by atomic mass is 10.1. The lowest BCUT2D eigenvalue weighted by molar-refractivity contribution is -0.384. The summed E-state index contributed by atoms with van der Waals surface area (Å²) in [5, 5.41) is 10.9. The summed E-state index contributed by atoms with van der Waals surface area (Å²) >= 11 is 0. The number of hydrogen-bond acceptors (Lipinski definition) is 4. The molecule has 0 fully saturated rings. The predicted octanol–water partition coefficient (Wildman–Crippen LogP) is 2.62. The minimum absolute atomic E-state index is 0.0525. The number of fused-ring (bicyclic) bond motifs is 1. The van der Waals surface area contributed by atoms with Crippen molar-refractivity contribution >= 4 is 21.4 Å². The van der Waals surface area contributed by atoms with E-state index in [1.807, 2.05) is 0 Å². The molecule has 0 saturated heterocycles. The molecular formula is C14H10F2N2O4S. The van der Waals surface area contributed by atoms with Gasteiger partial charge in [-0.15, -0.1) is 0 Å². The monoisotopic (exact) mass is 340 g/mol. The van der Waals surface area contributed by atoms with E-state index in [2.05, 4.69) is 0 Å². The number of nitrogens with zero attached hydrogens (tertiary/aromatic N) is 2. The van der Waals surface area contributed by atoms with Gasteiger partial charge >= 0.3 is 0 Å². The van der Waals surface area contributed by atoms with E-state index < -0.39 is 31.5 Å². The van der Waals surface area contributed by atoms with Crippen LogP contribution in [0, 0.1) is 21.7 Å². The highest BCUT2D eigenvalue weighted by atomic mass is 32.2. The van der Waals surface area contributed by atoms with Crippen LogP contribution in [0.3, 0.4) is 0 Å². The quantitative estimate of drug-likeness (QED) is 0.635. The van der Waals surface area contributed by atoms with Crippen molar-refractivity contribution in [2.45, 2.75) is 11.3 Å². The predicted molar refractivity (Wildman–Crippen MR) is 77.7 cm³/mol. The molecule has 2 aromatic rings. The summed E-state index contributed by atoms with van der Waals surface area (Å²) in [7, 11) is -4.21. The molecule has 0 bridgehead atoms. The molecule has 0 spiro atoms. The molecule has 3 rings (SSSR count). The van der Waals surface area contributed by atoms with Crippen molar-refractivity contribution < 1.29 is 22.1 Å². The average Bonchev–Trinajstić information content (AvgIpc) is 2.89. The second kappa shape index (κ2) is 5.27. The summed E-state index contributed by atoms with van der Waals surface area (Å²) < 4.78 is 52.7. The fourth-order valence-corrected chi connectivity index (χ4v) is 4.04. The van der Waals surface area contributed by atoms with Crippen molar-refractivity contribution in [2.75, 3.05) is 10.8 Å². The zero-order valence-corrected chi connectivity index (χ0v) is 12.4. The van der Waals surface area contributed by atoms with Crippen molar-refractivity contribution in [3.63, 3.8) is 0 Å². The number of halogens is 2. The van der Waals surface area contributed by atoms with Crippen molar-refractivity contribution in [3.8, 4) is 0 Å². The number of rotatable bonds is 3. The molecule has 0 aromatic heterocycles. The topological polar surface area (TPSA) is 80.5 Å². The van der Waals surface area contributed by atoms with Crippen LogP contribution in [0.5, 0.6) is 0 Å². The fourth-order valence-electron chi connectivity index (χ4n) is 2.51. The molecule has 0 aliphatic carbocycles. The van der Waals surface area contributed by atoms with Crippen molar-refractivity contribution in [1.82, 2.24) is 0 Å². The number of nitro benzene ring substituents is 1. The van der Waals surface area contributed by atoms with E-state index in [1.54, 1.807) is 0 Å². The molecular weight excluding hydrogens is 330 g/mol. The largest absolute Gasteiger partial charge is 0.271 e. The van der Waals surface area contributed by atoms with Crippen molar-refractivity contribution in [3.05, 3.63) is 63.7 Å². The molecule has 9 heteroatoms. The van der Waals surface area contributed by atoms with Gasteiger partial charge < -0.3 is 0 Å². The summed E-state index contributed by atoms with van der Waals surface area (Å²) in [4.78, 5) is 9.69. The zero-order valence-electron chi connectivity index (χ0n) is 11.6. The van der Waals surface area contributed by atoms with Gasteiger partial charge in [-0.2, -0.15) is 0 Å². The van der Waals surface area contributed by atoms with Crippen LogP contribution in [-0.2, 0) is 16.4 Å². The highest BCUT2D eigenvalue weighted by Gasteiger charge is 2.32.